The number of nitrogens with one attached hydrogen (secondary N) is 3. The van der Waals surface area contributed by atoms with E-state index in [1.807, 2.05) is 0 Å². The third-order valence-corrected chi connectivity index (χ3v) is 4.56. The van der Waals surface area contributed by atoms with Gasteiger partial charge in [-0.05, 0) is 12.8 Å². The normalized spacial score (nSPS) is 33.5. The molecule has 8 nitrogen and oxygen atoms in total. The van der Waals surface area contributed by atoms with Crippen LogP contribution in [0.25, 0.3) is 0 Å². The average Bonchev–Trinajstić information content (AvgIpc) is 2.95. The molecule has 3 atom stereocenters. The number of carboxylic acid groups (broad SMARTS) is 2. The summed E-state index contributed by atoms with van der Waals surface area (Å²) in [4.78, 5) is 32.4. The molecule has 2 fully saturated rings. The van der Waals surface area contributed by atoms with Crippen LogP contribution >= 0.6 is 11.8 Å². The molecular weight excluding hydrogens is 274 g/mol. The monoisotopic (exact) mass is 289 g/mol. The van der Waals surface area contributed by atoms with Gasteiger partial charge in [-0.2, -0.15) is 0 Å². The van der Waals surface area contributed by atoms with Gasteiger partial charge in [0.05, 0.1) is 6.04 Å². The van der Waals surface area contributed by atoms with E-state index in [0.29, 0.717) is 18.6 Å². The number of aliphatic carboxylic acids is 2. The Hall–Kier alpha value is -1.32. The van der Waals surface area contributed by atoms with E-state index in [-0.39, 0.29) is 5.91 Å². The zero-order valence-electron chi connectivity index (χ0n) is 10.0. The highest BCUT2D eigenvalue weighted by Crippen LogP contribution is 2.37. The summed E-state index contributed by atoms with van der Waals surface area (Å²) in [6, 6.07) is -1.12. The van der Waals surface area contributed by atoms with Gasteiger partial charge in [-0.3, -0.25) is 25.0 Å². The second-order valence-corrected chi connectivity index (χ2v) is 5.84. The number of carboxylic acids is 2. The van der Waals surface area contributed by atoms with E-state index in [1.54, 1.807) is 0 Å². The molecule has 9 heteroatoms. The quantitative estimate of drug-likeness (QED) is 0.418. The molecule has 1 amide bonds. The third kappa shape index (κ3) is 3.17. The fourth-order valence-corrected chi connectivity index (χ4v) is 3.60. The summed E-state index contributed by atoms with van der Waals surface area (Å²) < 4.78 is 0. The van der Waals surface area contributed by atoms with Crippen LogP contribution in [0.5, 0.6) is 0 Å². The maximum atomic E-state index is 11.7. The smallest absolute Gasteiger partial charge is 0.322 e. The van der Waals surface area contributed by atoms with Crippen LogP contribution in [0.15, 0.2) is 0 Å². The molecule has 0 aromatic carbocycles. The number of rotatable bonds is 4. The number of carbonyl (C=O) groups excluding carboxylic acids is 1. The van der Waals surface area contributed by atoms with Gasteiger partial charge in [-0.1, -0.05) is 0 Å². The Kier molecular flexibility index (Phi) is 3.97. The molecule has 1 spiro atoms. The zero-order valence-corrected chi connectivity index (χ0v) is 10.8. The largest absolute Gasteiger partial charge is 0.480 e. The minimum absolute atomic E-state index is 0.382. The highest BCUT2D eigenvalue weighted by molar-refractivity contribution is 8.00. The van der Waals surface area contributed by atoms with E-state index >= 15 is 0 Å². The summed E-state index contributed by atoms with van der Waals surface area (Å²) >= 11 is 1.45. The van der Waals surface area contributed by atoms with E-state index in [1.165, 1.54) is 11.8 Å². The number of hydrogen-bond donors (Lipinski definition) is 5. The Morgan fingerprint density at radius 3 is 2.53 bits per heavy atom. The summed E-state index contributed by atoms with van der Waals surface area (Å²) in [5.74, 6) is -1.91. The van der Waals surface area contributed by atoms with Crippen LogP contribution in [-0.2, 0) is 14.4 Å². The molecule has 0 aliphatic carbocycles. The number of hydrogen-bond acceptors (Lipinski definition) is 6. The van der Waals surface area contributed by atoms with E-state index < -0.39 is 35.6 Å². The van der Waals surface area contributed by atoms with Crippen molar-refractivity contribution in [3.63, 3.8) is 0 Å². The van der Waals surface area contributed by atoms with Gasteiger partial charge in [0.1, 0.15) is 17.6 Å². The third-order valence-electron chi connectivity index (χ3n) is 3.12. The van der Waals surface area contributed by atoms with Crippen LogP contribution in [0.1, 0.15) is 12.8 Å². The minimum atomic E-state index is -1.10. The Balaban J connectivity index is 1.88. The van der Waals surface area contributed by atoms with Gasteiger partial charge in [-0.15, -0.1) is 11.8 Å². The van der Waals surface area contributed by atoms with Crippen LogP contribution < -0.4 is 16.0 Å². The Morgan fingerprint density at radius 2 is 1.95 bits per heavy atom. The van der Waals surface area contributed by atoms with E-state index in [0.717, 1.165) is 0 Å². The Morgan fingerprint density at radius 1 is 1.26 bits per heavy atom. The maximum absolute atomic E-state index is 11.7. The first-order valence-corrected chi connectivity index (χ1v) is 6.82. The van der Waals surface area contributed by atoms with Gasteiger partial charge in [0.15, 0.2) is 0 Å². The summed E-state index contributed by atoms with van der Waals surface area (Å²) in [7, 11) is 0. The van der Waals surface area contributed by atoms with Crippen molar-refractivity contribution in [1.29, 1.82) is 0 Å². The average molecular weight is 289 g/mol. The van der Waals surface area contributed by atoms with E-state index in [2.05, 4.69) is 16.0 Å². The van der Waals surface area contributed by atoms with Crippen molar-refractivity contribution in [1.82, 2.24) is 16.0 Å². The lowest BCUT2D eigenvalue weighted by molar-refractivity contribution is -0.139. The molecule has 2 aliphatic heterocycles. The lowest BCUT2D eigenvalue weighted by Gasteiger charge is -2.24. The van der Waals surface area contributed by atoms with Crippen LogP contribution in [0.2, 0.25) is 0 Å². The second-order valence-electron chi connectivity index (χ2n) is 4.52. The topological polar surface area (TPSA) is 128 Å². The van der Waals surface area contributed by atoms with Gasteiger partial charge < -0.3 is 15.5 Å². The molecule has 3 unspecified atom stereocenters. The van der Waals surface area contributed by atoms with Crippen molar-refractivity contribution in [2.75, 3.05) is 12.3 Å². The van der Waals surface area contributed by atoms with E-state index in [4.69, 9.17) is 10.2 Å². The molecule has 2 rings (SSSR count). The minimum Gasteiger partial charge on any atom is -0.480 e. The van der Waals surface area contributed by atoms with Crippen molar-refractivity contribution in [2.45, 2.75) is 29.9 Å². The van der Waals surface area contributed by atoms with Gasteiger partial charge in [0.2, 0.25) is 5.91 Å². The molecule has 0 radical (unpaired) electrons. The molecule has 0 bridgehead atoms. The molecule has 19 heavy (non-hydrogen) atoms. The maximum Gasteiger partial charge on any atom is 0.322 e. The standard InChI is InChI=1S/C10H15N3O5S/c14-7(15)3-11-8(16)6-4-19-10(13-6)2-1-5(12-10)9(17)18/h5-6,12-13H,1-4H2,(H,11,16)(H,14,15)(H,17,18). The zero-order chi connectivity index (χ0) is 14.0. The predicted octanol–water partition coefficient (Wildman–Crippen LogP) is -1.62. The van der Waals surface area contributed by atoms with Crippen LogP contribution in [0.4, 0.5) is 0 Å². The first-order chi connectivity index (χ1) is 8.92. The first kappa shape index (κ1) is 14.1. The fraction of sp³-hybridized carbons (Fsp3) is 0.700. The Bertz CT molecular complexity index is 418. The predicted molar refractivity (Wildman–Crippen MR) is 66.6 cm³/mol. The first-order valence-electron chi connectivity index (χ1n) is 5.83. The summed E-state index contributed by atoms with van der Waals surface area (Å²) in [5.41, 5.74) is 0. The molecule has 0 saturated carbocycles. The lowest BCUT2D eigenvalue weighted by Crippen LogP contribution is -2.55. The lowest BCUT2D eigenvalue weighted by atomic mass is 10.2. The summed E-state index contributed by atoms with van der Waals surface area (Å²) in [5, 5.41) is 25.8. The molecule has 0 aromatic rings. The van der Waals surface area contributed by atoms with Crippen molar-refractivity contribution in [3.05, 3.63) is 0 Å². The molecular formula is C10H15N3O5S. The van der Waals surface area contributed by atoms with Crippen molar-refractivity contribution in [3.8, 4) is 0 Å². The number of carbonyl (C=O) groups is 3. The fourth-order valence-electron chi connectivity index (χ4n) is 2.20. The van der Waals surface area contributed by atoms with Gasteiger partial charge in [-0.25, -0.2) is 0 Å². The molecule has 106 valence electrons. The highest BCUT2D eigenvalue weighted by Gasteiger charge is 2.48. The number of amides is 1. The highest BCUT2D eigenvalue weighted by atomic mass is 32.2. The Labute approximate surface area is 113 Å². The van der Waals surface area contributed by atoms with Crippen LogP contribution in [-0.4, -0.2) is 57.4 Å². The second kappa shape index (κ2) is 5.35. The van der Waals surface area contributed by atoms with Gasteiger partial charge in [0.25, 0.3) is 0 Å². The van der Waals surface area contributed by atoms with Gasteiger partial charge >= 0.3 is 11.9 Å². The molecule has 2 heterocycles. The van der Waals surface area contributed by atoms with Crippen molar-refractivity contribution >= 4 is 29.6 Å². The van der Waals surface area contributed by atoms with Crippen molar-refractivity contribution in [2.24, 2.45) is 0 Å². The summed E-state index contributed by atoms with van der Waals surface area (Å²) in [6.45, 7) is -0.417. The van der Waals surface area contributed by atoms with E-state index in [9.17, 15) is 14.4 Å². The SMILES string of the molecule is O=C(O)CNC(=O)C1CSC2(CCC(C(=O)O)N2)N1. The van der Waals surface area contributed by atoms with Crippen LogP contribution in [0.3, 0.4) is 0 Å². The summed E-state index contributed by atoms with van der Waals surface area (Å²) in [6.07, 6.45) is 1.11. The molecule has 0 aromatic heterocycles. The van der Waals surface area contributed by atoms with Gasteiger partial charge in [0, 0.05) is 5.75 Å². The molecule has 2 saturated heterocycles. The number of thioether (sulfide) groups is 1. The molecule has 5 N–H and O–H groups in total. The molecule has 2 aliphatic rings. The van der Waals surface area contributed by atoms with Crippen molar-refractivity contribution < 1.29 is 24.6 Å². The van der Waals surface area contributed by atoms with Crippen LogP contribution in [0, 0.1) is 0 Å².